The highest BCUT2D eigenvalue weighted by Crippen LogP contribution is 2.21. The van der Waals surface area contributed by atoms with E-state index in [4.69, 9.17) is 21.7 Å². The number of nitrogens with one attached hydrogen (secondary N) is 1. The van der Waals surface area contributed by atoms with Gasteiger partial charge in [0.2, 0.25) is 5.91 Å². The molecule has 30 heavy (non-hydrogen) atoms. The summed E-state index contributed by atoms with van der Waals surface area (Å²) in [5.41, 5.74) is 0.863. The first-order chi connectivity index (χ1) is 14.5. The Kier molecular flexibility index (Phi) is 7.18. The van der Waals surface area contributed by atoms with Gasteiger partial charge in [0.25, 0.3) is 0 Å². The van der Waals surface area contributed by atoms with Crippen LogP contribution >= 0.6 is 12.2 Å². The molecule has 0 bridgehead atoms. The minimum absolute atomic E-state index is 0.0732. The van der Waals surface area contributed by atoms with Crippen LogP contribution in [0.5, 0.6) is 11.5 Å². The van der Waals surface area contributed by atoms with Crippen molar-refractivity contribution in [2.24, 2.45) is 0 Å². The summed E-state index contributed by atoms with van der Waals surface area (Å²) >= 11 is 5.32. The van der Waals surface area contributed by atoms with Gasteiger partial charge in [0.15, 0.2) is 22.2 Å². The van der Waals surface area contributed by atoms with E-state index in [1.807, 2.05) is 24.3 Å². The van der Waals surface area contributed by atoms with Gasteiger partial charge in [-0.2, -0.15) is 5.10 Å². The molecule has 0 saturated heterocycles. The number of carbonyl (C=O) groups is 1. The number of hydrogen-bond donors (Lipinski definition) is 1. The number of rotatable bonds is 9. The van der Waals surface area contributed by atoms with Crippen molar-refractivity contribution in [1.29, 1.82) is 0 Å². The van der Waals surface area contributed by atoms with Crippen LogP contribution < -0.4 is 9.47 Å². The van der Waals surface area contributed by atoms with Gasteiger partial charge in [-0.05, 0) is 48.6 Å². The van der Waals surface area contributed by atoms with Crippen LogP contribution in [0, 0.1) is 10.6 Å². The largest absolute Gasteiger partial charge is 0.497 e. The minimum Gasteiger partial charge on any atom is -0.497 e. The number of aromatic amines is 1. The lowest BCUT2D eigenvalue weighted by Crippen LogP contribution is -2.31. The van der Waals surface area contributed by atoms with Crippen molar-refractivity contribution in [3.8, 4) is 22.9 Å². The Morgan fingerprint density at radius 1 is 1.23 bits per heavy atom. The normalized spacial score (nSPS) is 10.6. The summed E-state index contributed by atoms with van der Waals surface area (Å²) in [6, 6.07) is 13.6. The molecule has 0 atom stereocenters. The molecule has 2 aromatic carbocycles. The standard InChI is InChI=1S/C21H23FN4O3S/c1-25(13-14-29-18-6-4-3-5-17(18)22)19(27)11-12-26-20(23-24-21(26)30)15-7-9-16(28-2)10-8-15/h3-10H,11-14H2,1-2H3,(H,24,30). The third kappa shape index (κ3) is 5.24. The van der Waals surface area contributed by atoms with E-state index in [9.17, 15) is 9.18 Å². The topological polar surface area (TPSA) is 72.4 Å². The van der Waals surface area contributed by atoms with E-state index in [0.717, 1.165) is 11.3 Å². The molecule has 0 aliphatic rings. The van der Waals surface area contributed by atoms with Gasteiger partial charge in [0.1, 0.15) is 12.4 Å². The zero-order valence-electron chi connectivity index (χ0n) is 16.8. The molecule has 3 aromatic rings. The number of methoxy groups -OCH3 is 1. The van der Waals surface area contributed by atoms with Crippen LogP contribution in [0.1, 0.15) is 6.42 Å². The summed E-state index contributed by atoms with van der Waals surface area (Å²) in [5.74, 6) is 1.07. The molecular formula is C21H23FN4O3S. The molecule has 1 N–H and O–H groups in total. The van der Waals surface area contributed by atoms with Crippen molar-refractivity contribution in [3.05, 3.63) is 59.1 Å². The molecular weight excluding hydrogens is 407 g/mol. The highest BCUT2D eigenvalue weighted by atomic mass is 32.1. The lowest BCUT2D eigenvalue weighted by atomic mass is 10.2. The fourth-order valence-corrected chi connectivity index (χ4v) is 3.09. The van der Waals surface area contributed by atoms with Crippen molar-refractivity contribution in [3.63, 3.8) is 0 Å². The second-order valence-electron chi connectivity index (χ2n) is 6.58. The third-order valence-electron chi connectivity index (χ3n) is 4.60. The maximum absolute atomic E-state index is 13.6. The molecule has 1 heterocycles. The van der Waals surface area contributed by atoms with Crippen molar-refractivity contribution < 1.29 is 18.7 Å². The SMILES string of the molecule is COc1ccc(-c2n[nH]c(=S)n2CCC(=O)N(C)CCOc2ccccc2F)cc1. The number of amides is 1. The lowest BCUT2D eigenvalue weighted by Gasteiger charge is -2.18. The van der Waals surface area contributed by atoms with Gasteiger partial charge in [0, 0.05) is 25.6 Å². The van der Waals surface area contributed by atoms with Crippen LogP contribution in [0.2, 0.25) is 0 Å². The number of hydrogen-bond acceptors (Lipinski definition) is 5. The molecule has 7 nitrogen and oxygen atoms in total. The Morgan fingerprint density at radius 3 is 2.67 bits per heavy atom. The Bertz CT molecular complexity index is 1050. The minimum atomic E-state index is -0.424. The molecule has 3 rings (SSSR count). The summed E-state index contributed by atoms with van der Waals surface area (Å²) < 4.78 is 26.4. The summed E-state index contributed by atoms with van der Waals surface area (Å²) in [6.07, 6.45) is 0.243. The lowest BCUT2D eigenvalue weighted by molar-refractivity contribution is -0.130. The number of halogens is 1. The Labute approximate surface area is 179 Å². The highest BCUT2D eigenvalue weighted by Gasteiger charge is 2.14. The fraction of sp³-hybridized carbons (Fsp3) is 0.286. The Morgan fingerprint density at radius 2 is 1.97 bits per heavy atom. The highest BCUT2D eigenvalue weighted by molar-refractivity contribution is 7.71. The molecule has 9 heteroatoms. The second kappa shape index (κ2) is 10.0. The van der Waals surface area contributed by atoms with Gasteiger partial charge in [-0.1, -0.05) is 12.1 Å². The molecule has 1 aromatic heterocycles. The van der Waals surface area contributed by atoms with Gasteiger partial charge in [-0.15, -0.1) is 0 Å². The van der Waals surface area contributed by atoms with Crippen molar-refractivity contribution in [2.45, 2.75) is 13.0 Å². The Balaban J connectivity index is 1.56. The number of aromatic nitrogens is 3. The van der Waals surface area contributed by atoms with E-state index in [-0.39, 0.29) is 24.7 Å². The number of benzene rings is 2. The Hall–Kier alpha value is -3.20. The van der Waals surface area contributed by atoms with Gasteiger partial charge >= 0.3 is 0 Å². The second-order valence-corrected chi connectivity index (χ2v) is 6.96. The van der Waals surface area contributed by atoms with Crippen LogP contribution in [0.3, 0.4) is 0 Å². The maximum atomic E-state index is 13.6. The van der Waals surface area contributed by atoms with Crippen molar-refractivity contribution >= 4 is 18.1 Å². The number of ether oxygens (including phenoxy) is 2. The van der Waals surface area contributed by atoms with Crippen LogP contribution in [-0.2, 0) is 11.3 Å². The number of H-pyrrole nitrogens is 1. The molecule has 1 amide bonds. The number of likely N-dealkylation sites (N-methyl/N-ethyl adjacent to an activating group) is 1. The first kappa shape index (κ1) is 21.5. The summed E-state index contributed by atoms with van der Waals surface area (Å²) in [6.45, 7) is 0.925. The molecule has 0 unspecified atom stereocenters. The van der Waals surface area contributed by atoms with E-state index >= 15 is 0 Å². The van der Waals surface area contributed by atoms with Crippen LogP contribution in [-0.4, -0.2) is 52.9 Å². The van der Waals surface area contributed by atoms with Gasteiger partial charge in [-0.3, -0.25) is 14.5 Å². The predicted molar refractivity (Wildman–Crippen MR) is 114 cm³/mol. The molecule has 0 spiro atoms. The van der Waals surface area contributed by atoms with Crippen LogP contribution in [0.4, 0.5) is 4.39 Å². The summed E-state index contributed by atoms with van der Waals surface area (Å²) in [7, 11) is 3.29. The zero-order valence-corrected chi connectivity index (χ0v) is 17.6. The van der Waals surface area contributed by atoms with Crippen molar-refractivity contribution in [2.75, 3.05) is 27.3 Å². The molecule has 0 fully saturated rings. The van der Waals surface area contributed by atoms with Gasteiger partial charge in [-0.25, -0.2) is 4.39 Å². The maximum Gasteiger partial charge on any atom is 0.224 e. The molecule has 0 aliphatic carbocycles. The van der Waals surface area contributed by atoms with Crippen LogP contribution in [0.25, 0.3) is 11.4 Å². The molecule has 0 radical (unpaired) electrons. The third-order valence-corrected chi connectivity index (χ3v) is 4.91. The summed E-state index contributed by atoms with van der Waals surface area (Å²) in [5, 5.41) is 7.06. The van der Waals surface area contributed by atoms with Crippen molar-refractivity contribution in [1.82, 2.24) is 19.7 Å². The summed E-state index contributed by atoms with van der Waals surface area (Å²) in [4.78, 5) is 14.0. The molecule has 0 saturated carbocycles. The number of carbonyl (C=O) groups excluding carboxylic acids is 1. The van der Waals surface area contributed by atoms with Gasteiger partial charge in [0.05, 0.1) is 13.7 Å². The molecule has 158 valence electrons. The van der Waals surface area contributed by atoms with E-state index in [1.165, 1.54) is 6.07 Å². The van der Waals surface area contributed by atoms with Crippen LogP contribution in [0.15, 0.2) is 48.5 Å². The average molecular weight is 431 g/mol. The zero-order chi connectivity index (χ0) is 21.5. The number of para-hydroxylation sites is 1. The van der Waals surface area contributed by atoms with E-state index in [2.05, 4.69) is 10.2 Å². The van der Waals surface area contributed by atoms with E-state index in [0.29, 0.717) is 23.7 Å². The van der Waals surface area contributed by atoms with Gasteiger partial charge < -0.3 is 14.4 Å². The first-order valence-corrected chi connectivity index (χ1v) is 9.81. The smallest absolute Gasteiger partial charge is 0.224 e. The number of nitrogens with zero attached hydrogens (tertiary/aromatic N) is 3. The fourth-order valence-electron chi connectivity index (χ4n) is 2.86. The van der Waals surface area contributed by atoms with E-state index in [1.54, 1.807) is 41.8 Å². The molecule has 0 aliphatic heterocycles. The quantitative estimate of drug-likeness (QED) is 0.525. The monoisotopic (exact) mass is 430 g/mol. The average Bonchev–Trinajstić information content (AvgIpc) is 3.13. The predicted octanol–water partition coefficient (Wildman–Crippen LogP) is 3.68. The first-order valence-electron chi connectivity index (χ1n) is 9.40. The van der Waals surface area contributed by atoms with E-state index < -0.39 is 5.82 Å².